The number of carbonyl (C=O) groups is 1. The van der Waals surface area contributed by atoms with Crippen molar-refractivity contribution in [3.63, 3.8) is 0 Å². The van der Waals surface area contributed by atoms with Gasteiger partial charge in [0.05, 0.1) is 17.3 Å². The highest BCUT2D eigenvalue weighted by Gasteiger charge is 2.08. The Morgan fingerprint density at radius 2 is 2.10 bits per heavy atom. The Balaban J connectivity index is 1.80. The maximum atomic E-state index is 13.3. The van der Waals surface area contributed by atoms with Crippen LogP contribution < -0.4 is 5.32 Å². The molecule has 1 heterocycles. The molecule has 148 valence electrons. The van der Waals surface area contributed by atoms with Crippen LogP contribution in [0.1, 0.15) is 18.2 Å². The summed E-state index contributed by atoms with van der Waals surface area (Å²) in [7, 11) is 0. The van der Waals surface area contributed by atoms with Crippen molar-refractivity contribution in [2.75, 3.05) is 11.9 Å². The Kier molecular flexibility index (Phi) is 6.57. The molecule has 0 saturated heterocycles. The van der Waals surface area contributed by atoms with Gasteiger partial charge in [0, 0.05) is 23.5 Å². The van der Waals surface area contributed by atoms with Crippen molar-refractivity contribution in [3.8, 4) is 11.1 Å². The summed E-state index contributed by atoms with van der Waals surface area (Å²) in [5.74, 6) is -0.484. The summed E-state index contributed by atoms with van der Waals surface area (Å²) in [6.07, 6.45) is 4.81. The van der Waals surface area contributed by atoms with Crippen LogP contribution in [-0.4, -0.2) is 22.5 Å². The molecule has 0 aliphatic heterocycles. The van der Waals surface area contributed by atoms with Crippen LogP contribution in [0.2, 0.25) is 5.02 Å². The number of rotatable bonds is 6. The second-order valence-corrected chi connectivity index (χ2v) is 6.56. The summed E-state index contributed by atoms with van der Waals surface area (Å²) in [6, 6.07) is 12.0. The van der Waals surface area contributed by atoms with Gasteiger partial charge in [-0.2, -0.15) is 0 Å². The van der Waals surface area contributed by atoms with Crippen molar-refractivity contribution in [2.45, 2.75) is 13.8 Å². The molecule has 0 bridgehead atoms. The maximum Gasteiger partial charge on any atom is 0.330 e. The minimum atomic E-state index is -0.485. The van der Waals surface area contributed by atoms with Crippen LogP contribution in [0.5, 0.6) is 0 Å². The molecule has 2 aromatic carbocycles. The molecular weight excluding hydrogens is 393 g/mol. The van der Waals surface area contributed by atoms with Crippen LogP contribution in [0.15, 0.2) is 54.7 Å². The first-order chi connectivity index (χ1) is 14.0. The molecule has 0 radical (unpaired) electrons. The zero-order valence-corrected chi connectivity index (χ0v) is 16.7. The second kappa shape index (κ2) is 9.30. The smallest absolute Gasteiger partial charge is 0.330 e. The van der Waals surface area contributed by atoms with E-state index in [1.165, 1.54) is 18.2 Å². The molecule has 0 amide bonds. The Morgan fingerprint density at radius 3 is 2.83 bits per heavy atom. The molecule has 3 rings (SSSR count). The number of aromatic nitrogens is 2. The van der Waals surface area contributed by atoms with Crippen molar-refractivity contribution >= 4 is 35.3 Å². The highest BCUT2D eigenvalue weighted by Crippen LogP contribution is 2.25. The Labute approximate surface area is 173 Å². The maximum absolute atomic E-state index is 13.3. The zero-order valence-electron chi connectivity index (χ0n) is 15.9. The standard InChI is InChI=1S/C22H19ClFN3O2/c1-3-29-21(28)10-7-15-5-4-6-16(11-15)18-13-25-22(26-14(18)2)27-17-8-9-20(24)19(23)12-17/h4-13H,3H2,1-2H3,(H,25,26,27)/b10-7+. The number of aryl methyl sites for hydroxylation is 1. The predicted molar refractivity (Wildman–Crippen MR) is 113 cm³/mol. The molecule has 7 heteroatoms. The van der Waals surface area contributed by atoms with Crippen LogP contribution in [0, 0.1) is 12.7 Å². The number of esters is 1. The van der Waals surface area contributed by atoms with E-state index in [0.29, 0.717) is 18.2 Å². The first-order valence-electron chi connectivity index (χ1n) is 8.97. The quantitative estimate of drug-likeness (QED) is 0.424. The van der Waals surface area contributed by atoms with E-state index in [4.69, 9.17) is 16.3 Å². The summed E-state index contributed by atoms with van der Waals surface area (Å²) in [4.78, 5) is 20.3. The van der Waals surface area contributed by atoms with Gasteiger partial charge in [-0.05, 0) is 55.3 Å². The van der Waals surface area contributed by atoms with E-state index in [-0.39, 0.29) is 11.0 Å². The largest absolute Gasteiger partial charge is 0.463 e. The molecule has 0 unspecified atom stereocenters. The number of benzene rings is 2. The lowest BCUT2D eigenvalue weighted by molar-refractivity contribution is -0.137. The van der Waals surface area contributed by atoms with E-state index in [2.05, 4.69) is 15.3 Å². The average molecular weight is 412 g/mol. The van der Waals surface area contributed by atoms with Crippen LogP contribution >= 0.6 is 11.6 Å². The van der Waals surface area contributed by atoms with Gasteiger partial charge >= 0.3 is 5.97 Å². The van der Waals surface area contributed by atoms with E-state index < -0.39 is 5.82 Å². The van der Waals surface area contributed by atoms with E-state index in [1.54, 1.807) is 25.3 Å². The Bertz CT molecular complexity index is 1070. The van der Waals surface area contributed by atoms with Gasteiger partial charge in [-0.1, -0.05) is 29.8 Å². The highest BCUT2D eigenvalue weighted by molar-refractivity contribution is 6.31. The number of carbonyl (C=O) groups excluding carboxylic acids is 1. The first-order valence-corrected chi connectivity index (χ1v) is 9.35. The van der Waals surface area contributed by atoms with E-state index in [0.717, 1.165) is 22.4 Å². The van der Waals surface area contributed by atoms with Crippen LogP contribution in [0.25, 0.3) is 17.2 Å². The van der Waals surface area contributed by atoms with E-state index in [9.17, 15) is 9.18 Å². The van der Waals surface area contributed by atoms with Gasteiger partial charge in [-0.3, -0.25) is 0 Å². The van der Waals surface area contributed by atoms with Crippen molar-refractivity contribution in [1.82, 2.24) is 9.97 Å². The van der Waals surface area contributed by atoms with Gasteiger partial charge in [-0.15, -0.1) is 0 Å². The first kappa shape index (κ1) is 20.5. The fourth-order valence-electron chi connectivity index (χ4n) is 2.68. The molecule has 0 aliphatic carbocycles. The molecule has 1 N–H and O–H groups in total. The van der Waals surface area contributed by atoms with Crippen molar-refractivity contribution in [3.05, 3.63) is 76.8 Å². The van der Waals surface area contributed by atoms with Gasteiger partial charge in [-0.25, -0.2) is 19.2 Å². The number of ether oxygens (including phenoxy) is 1. The third-order valence-electron chi connectivity index (χ3n) is 4.05. The minimum Gasteiger partial charge on any atom is -0.463 e. The molecule has 3 aromatic rings. The van der Waals surface area contributed by atoms with Gasteiger partial charge < -0.3 is 10.1 Å². The van der Waals surface area contributed by atoms with Crippen LogP contribution in [-0.2, 0) is 9.53 Å². The van der Waals surface area contributed by atoms with E-state index >= 15 is 0 Å². The number of hydrogen-bond acceptors (Lipinski definition) is 5. The summed E-state index contributed by atoms with van der Waals surface area (Å²) < 4.78 is 18.2. The molecule has 29 heavy (non-hydrogen) atoms. The lowest BCUT2D eigenvalue weighted by Crippen LogP contribution is -2.00. The summed E-state index contributed by atoms with van der Waals surface area (Å²) in [5.41, 5.74) is 4.00. The van der Waals surface area contributed by atoms with Gasteiger partial charge in [0.25, 0.3) is 0 Å². The lowest BCUT2D eigenvalue weighted by atomic mass is 10.0. The fraction of sp³-hybridized carbons (Fsp3) is 0.136. The van der Waals surface area contributed by atoms with Crippen molar-refractivity contribution in [2.24, 2.45) is 0 Å². The molecule has 0 saturated carbocycles. The van der Waals surface area contributed by atoms with Gasteiger partial charge in [0.1, 0.15) is 5.82 Å². The number of nitrogens with zero attached hydrogens (tertiary/aromatic N) is 2. The molecule has 0 spiro atoms. The third kappa shape index (κ3) is 5.39. The van der Waals surface area contributed by atoms with Crippen LogP contribution in [0.3, 0.4) is 0 Å². The molecule has 1 aromatic heterocycles. The lowest BCUT2D eigenvalue weighted by Gasteiger charge is -2.10. The predicted octanol–water partition coefficient (Wildman–Crippen LogP) is 5.56. The van der Waals surface area contributed by atoms with Gasteiger partial charge in [0.2, 0.25) is 5.95 Å². The van der Waals surface area contributed by atoms with Crippen molar-refractivity contribution < 1.29 is 13.9 Å². The molecule has 0 fully saturated rings. The summed E-state index contributed by atoms with van der Waals surface area (Å²) >= 11 is 5.80. The SMILES string of the molecule is CCOC(=O)/C=C/c1cccc(-c2cnc(Nc3ccc(F)c(Cl)c3)nc2C)c1. The number of hydrogen-bond donors (Lipinski definition) is 1. The average Bonchev–Trinajstić information content (AvgIpc) is 2.70. The van der Waals surface area contributed by atoms with Crippen LogP contribution in [0.4, 0.5) is 16.0 Å². The molecule has 0 atom stereocenters. The topological polar surface area (TPSA) is 64.1 Å². The monoisotopic (exact) mass is 411 g/mol. The summed E-state index contributed by atoms with van der Waals surface area (Å²) in [5, 5.41) is 3.04. The number of nitrogens with one attached hydrogen (secondary N) is 1. The normalized spacial score (nSPS) is 10.9. The Morgan fingerprint density at radius 1 is 1.28 bits per heavy atom. The van der Waals surface area contributed by atoms with Gasteiger partial charge in [0.15, 0.2) is 0 Å². The number of anilines is 2. The Hall–Kier alpha value is -3.25. The van der Waals surface area contributed by atoms with Crippen molar-refractivity contribution in [1.29, 1.82) is 0 Å². The molecule has 0 aliphatic rings. The minimum absolute atomic E-state index is 0.0241. The van der Waals surface area contributed by atoms with E-state index in [1.807, 2.05) is 31.2 Å². The third-order valence-corrected chi connectivity index (χ3v) is 4.34. The molecular formula is C22H19ClFN3O2. The summed E-state index contributed by atoms with van der Waals surface area (Å²) in [6.45, 7) is 3.98. The number of halogens is 2. The second-order valence-electron chi connectivity index (χ2n) is 6.16. The fourth-order valence-corrected chi connectivity index (χ4v) is 2.86. The highest BCUT2D eigenvalue weighted by atomic mass is 35.5. The zero-order chi connectivity index (χ0) is 20.8. The molecule has 5 nitrogen and oxygen atoms in total.